The fourth-order valence-corrected chi connectivity index (χ4v) is 3.13. The Bertz CT molecular complexity index is 829. The van der Waals surface area contributed by atoms with Gasteiger partial charge in [-0.15, -0.1) is 0 Å². The molecule has 2 aromatic carbocycles. The van der Waals surface area contributed by atoms with Crippen LogP contribution >= 0.6 is 0 Å². The zero-order valence-electron chi connectivity index (χ0n) is 14.0. The molecule has 0 bridgehead atoms. The van der Waals surface area contributed by atoms with Crippen LogP contribution in [0.25, 0.3) is 10.8 Å². The van der Waals surface area contributed by atoms with E-state index in [0.717, 1.165) is 12.8 Å². The molecule has 0 aromatic heterocycles. The van der Waals surface area contributed by atoms with Crippen molar-refractivity contribution in [1.82, 2.24) is 4.90 Å². The van der Waals surface area contributed by atoms with E-state index < -0.39 is 12.0 Å². The summed E-state index contributed by atoms with van der Waals surface area (Å²) in [4.78, 5) is 24.9. The number of rotatable bonds is 7. The Kier molecular flexibility index (Phi) is 5.14. The van der Waals surface area contributed by atoms with Crippen LogP contribution in [0, 0.1) is 0 Å². The maximum Gasteiger partial charge on any atom is 0.249 e. The van der Waals surface area contributed by atoms with Crippen molar-refractivity contribution in [3.05, 3.63) is 59.7 Å². The second kappa shape index (κ2) is 7.49. The van der Waals surface area contributed by atoms with E-state index in [1.807, 2.05) is 12.1 Å². The minimum Gasteiger partial charge on any atom is -0.383 e. The molecule has 0 radical (unpaired) electrons. The molecule has 2 aromatic rings. The van der Waals surface area contributed by atoms with Gasteiger partial charge in [0, 0.05) is 25.1 Å². The molecule has 1 aliphatic heterocycles. The van der Waals surface area contributed by atoms with Gasteiger partial charge in [-0.3, -0.25) is 9.59 Å². The smallest absolute Gasteiger partial charge is 0.249 e. The second-order valence-electron chi connectivity index (χ2n) is 6.39. The number of aliphatic hydroxyl groups is 1. The number of aliphatic hydroxyl groups excluding tert-OH is 1. The molecule has 0 saturated heterocycles. The predicted molar refractivity (Wildman–Crippen MR) is 96.8 cm³/mol. The largest absolute Gasteiger partial charge is 0.383 e. The van der Waals surface area contributed by atoms with Gasteiger partial charge >= 0.3 is 0 Å². The Balaban J connectivity index is 1.51. The van der Waals surface area contributed by atoms with Crippen LogP contribution < -0.4 is 5.73 Å². The Hall–Kier alpha value is -2.66. The lowest BCUT2D eigenvalue weighted by molar-refractivity contribution is -0.127. The summed E-state index contributed by atoms with van der Waals surface area (Å²) in [7, 11) is 0. The third kappa shape index (κ3) is 4.06. The Morgan fingerprint density at radius 3 is 2.72 bits per heavy atom. The third-order valence-electron chi connectivity index (χ3n) is 4.57. The zero-order valence-corrected chi connectivity index (χ0v) is 14.0. The molecule has 3 N–H and O–H groups in total. The number of nitrogens with zero attached hydrogens (tertiary/aromatic N) is 1. The molecular weight excluding hydrogens is 316 g/mol. The Labute approximate surface area is 146 Å². The summed E-state index contributed by atoms with van der Waals surface area (Å²) in [5, 5.41) is 12.0. The van der Waals surface area contributed by atoms with Gasteiger partial charge in [0.1, 0.15) is 6.10 Å². The van der Waals surface area contributed by atoms with Gasteiger partial charge in [0.15, 0.2) is 0 Å². The molecule has 0 saturated carbocycles. The minimum atomic E-state index is -1.30. The van der Waals surface area contributed by atoms with E-state index in [9.17, 15) is 14.7 Å². The van der Waals surface area contributed by atoms with Crippen LogP contribution in [0.1, 0.15) is 18.4 Å². The topological polar surface area (TPSA) is 83.6 Å². The monoisotopic (exact) mass is 338 g/mol. The summed E-state index contributed by atoms with van der Waals surface area (Å²) in [6, 6.07) is 14.7. The summed E-state index contributed by atoms with van der Waals surface area (Å²) in [6.45, 7) is 1.18. The molecule has 25 heavy (non-hydrogen) atoms. The van der Waals surface area contributed by atoms with Gasteiger partial charge < -0.3 is 15.7 Å². The number of primary amides is 1. The average Bonchev–Trinajstić information content (AvgIpc) is 2.95. The van der Waals surface area contributed by atoms with Gasteiger partial charge in [-0.05, 0) is 29.2 Å². The SMILES string of the molecule is NC(=O)C(O)CC1=CCN(CCCc2ccc3ccccc3c2)C1=O. The van der Waals surface area contributed by atoms with Crippen LogP contribution in [0.4, 0.5) is 0 Å². The first-order valence-corrected chi connectivity index (χ1v) is 8.48. The highest BCUT2D eigenvalue weighted by Crippen LogP contribution is 2.19. The lowest BCUT2D eigenvalue weighted by Crippen LogP contribution is -2.32. The molecule has 5 nitrogen and oxygen atoms in total. The number of nitrogens with two attached hydrogens (primary N) is 1. The molecule has 3 rings (SSSR count). The van der Waals surface area contributed by atoms with Gasteiger partial charge in [-0.25, -0.2) is 0 Å². The van der Waals surface area contributed by atoms with E-state index in [1.165, 1.54) is 16.3 Å². The number of hydrogen-bond acceptors (Lipinski definition) is 3. The zero-order chi connectivity index (χ0) is 17.8. The van der Waals surface area contributed by atoms with E-state index in [0.29, 0.717) is 18.7 Å². The summed E-state index contributed by atoms with van der Waals surface area (Å²) >= 11 is 0. The van der Waals surface area contributed by atoms with Crippen molar-refractivity contribution in [1.29, 1.82) is 0 Å². The number of fused-ring (bicyclic) bond motifs is 1. The maximum absolute atomic E-state index is 12.3. The first kappa shape index (κ1) is 17.2. The number of aryl methyl sites for hydroxylation is 1. The molecule has 130 valence electrons. The summed E-state index contributed by atoms with van der Waals surface area (Å²) in [5.41, 5.74) is 6.76. The van der Waals surface area contributed by atoms with Crippen molar-refractivity contribution in [2.75, 3.05) is 13.1 Å². The van der Waals surface area contributed by atoms with E-state index in [4.69, 9.17) is 5.73 Å². The molecule has 0 spiro atoms. The molecule has 0 aliphatic carbocycles. The molecule has 1 unspecified atom stereocenters. The van der Waals surface area contributed by atoms with Crippen molar-refractivity contribution < 1.29 is 14.7 Å². The number of amides is 2. The van der Waals surface area contributed by atoms with Crippen LogP contribution in [-0.2, 0) is 16.0 Å². The average molecular weight is 338 g/mol. The molecule has 2 amide bonds. The van der Waals surface area contributed by atoms with E-state index in [-0.39, 0.29) is 12.3 Å². The normalized spacial score (nSPS) is 15.5. The second-order valence-corrected chi connectivity index (χ2v) is 6.39. The molecular formula is C20H22N2O3. The molecule has 1 aliphatic rings. The quantitative estimate of drug-likeness (QED) is 0.807. The fraction of sp³-hybridized carbons (Fsp3) is 0.300. The number of benzene rings is 2. The first-order chi connectivity index (χ1) is 12.0. The van der Waals surface area contributed by atoms with Crippen molar-refractivity contribution in [3.63, 3.8) is 0 Å². The summed E-state index contributed by atoms with van der Waals surface area (Å²) < 4.78 is 0. The lowest BCUT2D eigenvalue weighted by Gasteiger charge is -2.17. The highest BCUT2D eigenvalue weighted by Gasteiger charge is 2.26. The van der Waals surface area contributed by atoms with E-state index >= 15 is 0 Å². The Morgan fingerprint density at radius 2 is 1.96 bits per heavy atom. The van der Waals surface area contributed by atoms with Crippen molar-refractivity contribution >= 4 is 22.6 Å². The highest BCUT2D eigenvalue weighted by molar-refractivity contribution is 5.96. The summed E-state index contributed by atoms with van der Waals surface area (Å²) in [6.07, 6.45) is 2.23. The van der Waals surface area contributed by atoms with E-state index in [1.54, 1.807) is 11.0 Å². The maximum atomic E-state index is 12.3. The predicted octanol–water partition coefficient (Wildman–Crippen LogP) is 1.78. The van der Waals surface area contributed by atoms with Gasteiger partial charge in [0.2, 0.25) is 11.8 Å². The third-order valence-corrected chi connectivity index (χ3v) is 4.57. The highest BCUT2D eigenvalue weighted by atomic mass is 16.3. The molecule has 1 heterocycles. The number of hydrogen-bond donors (Lipinski definition) is 2. The van der Waals surface area contributed by atoms with Gasteiger partial charge in [-0.1, -0.05) is 48.5 Å². The van der Waals surface area contributed by atoms with Crippen LogP contribution in [0.15, 0.2) is 54.1 Å². The van der Waals surface area contributed by atoms with Crippen molar-refractivity contribution in [2.45, 2.75) is 25.4 Å². The van der Waals surface area contributed by atoms with Gasteiger partial charge in [-0.2, -0.15) is 0 Å². The first-order valence-electron chi connectivity index (χ1n) is 8.48. The van der Waals surface area contributed by atoms with Crippen molar-refractivity contribution in [3.8, 4) is 0 Å². The van der Waals surface area contributed by atoms with Crippen LogP contribution in [0.5, 0.6) is 0 Å². The van der Waals surface area contributed by atoms with Gasteiger partial charge in [0.05, 0.1) is 0 Å². The molecule has 1 atom stereocenters. The van der Waals surface area contributed by atoms with Crippen molar-refractivity contribution in [2.24, 2.45) is 5.73 Å². The standard InChI is InChI=1S/C20H22N2O3/c21-19(24)18(23)13-17-9-11-22(20(17)25)10-3-4-14-7-8-15-5-1-2-6-16(15)12-14/h1-2,5-9,12,18,23H,3-4,10-11,13H2,(H2,21,24). The van der Waals surface area contributed by atoms with Crippen LogP contribution in [0.2, 0.25) is 0 Å². The van der Waals surface area contributed by atoms with E-state index in [2.05, 4.69) is 30.3 Å². The molecule has 5 heteroatoms. The number of carbonyl (C=O) groups excluding carboxylic acids is 2. The van der Waals surface area contributed by atoms with Crippen LogP contribution in [-0.4, -0.2) is 41.0 Å². The minimum absolute atomic E-state index is 0.00462. The fourth-order valence-electron chi connectivity index (χ4n) is 3.13. The van der Waals surface area contributed by atoms with Crippen LogP contribution in [0.3, 0.4) is 0 Å². The van der Waals surface area contributed by atoms with Gasteiger partial charge in [0.25, 0.3) is 0 Å². The Morgan fingerprint density at radius 1 is 1.20 bits per heavy atom. The lowest BCUT2D eigenvalue weighted by atomic mass is 10.0. The summed E-state index contributed by atoms with van der Waals surface area (Å²) in [5.74, 6) is -0.915. The number of carbonyl (C=O) groups is 2. The molecule has 0 fully saturated rings.